The van der Waals surface area contributed by atoms with Crippen LogP contribution in [0.25, 0.3) is 0 Å². The molecular weight excluding hydrogens is 452 g/mol. The fourth-order valence-electron chi connectivity index (χ4n) is 4.53. The molecular formula is C19H26BrClN2O3S. The summed E-state index contributed by atoms with van der Waals surface area (Å²) in [4.78, 5) is 2.39. The van der Waals surface area contributed by atoms with E-state index < -0.39 is 20.3 Å². The molecule has 2 fully saturated rings. The molecule has 4 rings (SSSR count). The van der Waals surface area contributed by atoms with Gasteiger partial charge < -0.3 is 9.64 Å². The van der Waals surface area contributed by atoms with Gasteiger partial charge in [0, 0.05) is 28.6 Å². The average Bonchev–Trinajstić information content (AvgIpc) is 2.94. The van der Waals surface area contributed by atoms with Crippen molar-refractivity contribution in [1.29, 1.82) is 0 Å². The minimum absolute atomic E-state index is 0.141. The van der Waals surface area contributed by atoms with Gasteiger partial charge in [-0.1, -0.05) is 11.6 Å². The van der Waals surface area contributed by atoms with Crippen molar-refractivity contribution in [2.75, 3.05) is 31.2 Å². The van der Waals surface area contributed by atoms with Crippen molar-refractivity contribution in [1.82, 2.24) is 4.31 Å². The zero-order valence-corrected chi connectivity index (χ0v) is 19.1. The number of hydrogen-bond acceptors (Lipinski definition) is 4. The number of anilines is 1. The first-order chi connectivity index (χ1) is 12.6. The smallest absolute Gasteiger partial charge is 0.219 e. The van der Waals surface area contributed by atoms with Gasteiger partial charge in [-0.3, -0.25) is 0 Å². The summed E-state index contributed by atoms with van der Waals surface area (Å²) in [6, 6.07) is 4.11. The van der Waals surface area contributed by atoms with Gasteiger partial charge in [0.05, 0.1) is 29.2 Å². The monoisotopic (exact) mass is 476 g/mol. The number of nitrogens with zero attached hydrogens (tertiary/aromatic N) is 2. The normalized spacial score (nSPS) is 25.5. The van der Waals surface area contributed by atoms with Crippen molar-refractivity contribution in [3.63, 3.8) is 0 Å². The van der Waals surface area contributed by atoms with Gasteiger partial charge in [-0.2, -0.15) is 4.31 Å². The van der Waals surface area contributed by atoms with Crippen molar-refractivity contribution in [2.24, 2.45) is 0 Å². The lowest BCUT2D eigenvalue weighted by Crippen LogP contribution is -2.62. The van der Waals surface area contributed by atoms with E-state index in [0.717, 1.165) is 35.3 Å². The standard InChI is InChI=1S/C19H26BrClN2O3S/c1-18(2,3)27(24,25)23-10-15(9-19(23)11-26-12-19)22-6-4-5-13-7-14(21)8-16(20)17(13)22/h7-8,15H,4-6,9-12H2,1-3H3. The Morgan fingerprint density at radius 2 is 2.00 bits per heavy atom. The van der Waals surface area contributed by atoms with Crippen LogP contribution < -0.4 is 4.90 Å². The van der Waals surface area contributed by atoms with Crippen molar-refractivity contribution >= 4 is 43.2 Å². The van der Waals surface area contributed by atoms with Crippen LogP contribution in [0.4, 0.5) is 5.69 Å². The fourth-order valence-corrected chi connectivity index (χ4v) is 7.35. The molecule has 3 aliphatic rings. The van der Waals surface area contributed by atoms with Crippen LogP contribution in [-0.4, -0.2) is 55.4 Å². The Kier molecular flexibility index (Phi) is 4.87. The summed E-state index contributed by atoms with van der Waals surface area (Å²) in [6.45, 7) is 7.74. The molecule has 1 atom stereocenters. The molecule has 27 heavy (non-hydrogen) atoms. The van der Waals surface area contributed by atoms with Gasteiger partial charge in [0.25, 0.3) is 0 Å². The first-order valence-corrected chi connectivity index (χ1v) is 12.0. The molecule has 3 aliphatic heterocycles. The first-order valence-electron chi connectivity index (χ1n) is 9.40. The molecule has 1 unspecified atom stereocenters. The highest BCUT2D eigenvalue weighted by molar-refractivity contribution is 9.10. The number of ether oxygens (including phenoxy) is 1. The average molecular weight is 478 g/mol. The van der Waals surface area contributed by atoms with Crippen LogP contribution in [0.15, 0.2) is 16.6 Å². The Labute approximate surface area is 175 Å². The van der Waals surface area contributed by atoms with Crippen LogP contribution in [-0.2, 0) is 21.2 Å². The van der Waals surface area contributed by atoms with Gasteiger partial charge in [-0.15, -0.1) is 0 Å². The number of benzene rings is 1. The molecule has 1 aromatic rings. The first kappa shape index (κ1) is 20.0. The van der Waals surface area contributed by atoms with E-state index in [1.54, 1.807) is 25.1 Å². The summed E-state index contributed by atoms with van der Waals surface area (Å²) in [5, 5.41) is 0.731. The Morgan fingerprint density at radius 1 is 1.30 bits per heavy atom. The SMILES string of the molecule is CC(C)(C)S(=O)(=O)N1CC(N2CCCc3cc(Cl)cc(Br)c32)CC12COC2. The third-order valence-corrected chi connectivity index (χ3v) is 9.49. The minimum Gasteiger partial charge on any atom is -0.377 e. The number of sulfonamides is 1. The lowest BCUT2D eigenvalue weighted by atomic mass is 9.92. The second kappa shape index (κ2) is 6.59. The molecule has 150 valence electrons. The largest absolute Gasteiger partial charge is 0.377 e. The second-order valence-electron chi connectivity index (χ2n) is 8.92. The lowest BCUT2D eigenvalue weighted by Gasteiger charge is -2.46. The fraction of sp³-hybridized carbons (Fsp3) is 0.684. The van der Waals surface area contributed by atoms with Crippen molar-refractivity contribution in [3.8, 4) is 0 Å². The zero-order chi connectivity index (χ0) is 19.6. The molecule has 2 saturated heterocycles. The highest BCUT2D eigenvalue weighted by atomic mass is 79.9. The Morgan fingerprint density at radius 3 is 2.59 bits per heavy atom. The van der Waals surface area contributed by atoms with Crippen LogP contribution in [0, 0.1) is 0 Å². The van der Waals surface area contributed by atoms with Gasteiger partial charge >= 0.3 is 0 Å². The number of rotatable bonds is 2. The molecule has 0 amide bonds. The van der Waals surface area contributed by atoms with Crippen LogP contribution in [0.2, 0.25) is 5.02 Å². The van der Waals surface area contributed by atoms with E-state index in [1.165, 1.54) is 11.3 Å². The van der Waals surface area contributed by atoms with E-state index in [9.17, 15) is 8.42 Å². The van der Waals surface area contributed by atoms with Gasteiger partial charge in [-0.25, -0.2) is 8.42 Å². The van der Waals surface area contributed by atoms with Gasteiger partial charge in [-0.05, 0) is 73.7 Å². The van der Waals surface area contributed by atoms with E-state index in [2.05, 4.69) is 20.8 Å². The lowest BCUT2D eigenvalue weighted by molar-refractivity contribution is -0.0968. The molecule has 0 saturated carbocycles. The zero-order valence-electron chi connectivity index (χ0n) is 16.0. The molecule has 0 bridgehead atoms. The third-order valence-electron chi connectivity index (χ3n) is 6.01. The summed E-state index contributed by atoms with van der Waals surface area (Å²) in [5.41, 5.74) is 2.01. The molecule has 5 nitrogen and oxygen atoms in total. The molecule has 0 aromatic heterocycles. The minimum atomic E-state index is -3.42. The Balaban J connectivity index is 1.70. The summed E-state index contributed by atoms with van der Waals surface area (Å²) < 4.78 is 33.9. The van der Waals surface area contributed by atoms with E-state index in [4.69, 9.17) is 16.3 Å². The van der Waals surface area contributed by atoms with Crippen molar-refractivity contribution in [3.05, 3.63) is 27.2 Å². The molecule has 8 heteroatoms. The summed E-state index contributed by atoms with van der Waals surface area (Å²) in [6.07, 6.45) is 2.85. The number of fused-ring (bicyclic) bond motifs is 1. The van der Waals surface area contributed by atoms with E-state index in [1.807, 2.05) is 12.1 Å². The molecule has 0 radical (unpaired) electrons. The van der Waals surface area contributed by atoms with Crippen LogP contribution in [0.5, 0.6) is 0 Å². The quantitative estimate of drug-likeness (QED) is 0.650. The van der Waals surface area contributed by atoms with Crippen LogP contribution in [0.3, 0.4) is 0 Å². The summed E-state index contributed by atoms with van der Waals surface area (Å²) in [7, 11) is -3.42. The van der Waals surface area contributed by atoms with Crippen LogP contribution in [0.1, 0.15) is 39.2 Å². The van der Waals surface area contributed by atoms with Gasteiger partial charge in [0.2, 0.25) is 10.0 Å². The topological polar surface area (TPSA) is 49.9 Å². The number of halogens is 2. The number of hydrogen-bond donors (Lipinski definition) is 0. The maximum absolute atomic E-state index is 13.3. The second-order valence-corrected chi connectivity index (χ2v) is 12.8. The number of aryl methyl sites for hydroxylation is 1. The van der Waals surface area contributed by atoms with Crippen molar-refractivity contribution in [2.45, 2.75) is 56.4 Å². The predicted molar refractivity (Wildman–Crippen MR) is 112 cm³/mol. The molecule has 1 aromatic carbocycles. The van der Waals surface area contributed by atoms with Crippen molar-refractivity contribution < 1.29 is 13.2 Å². The van der Waals surface area contributed by atoms with Crippen LogP contribution >= 0.6 is 27.5 Å². The Bertz CT molecular complexity index is 864. The summed E-state index contributed by atoms with van der Waals surface area (Å²) in [5.74, 6) is 0. The van der Waals surface area contributed by atoms with E-state index in [-0.39, 0.29) is 6.04 Å². The van der Waals surface area contributed by atoms with Gasteiger partial charge in [0.15, 0.2) is 0 Å². The highest BCUT2D eigenvalue weighted by Gasteiger charge is 2.58. The highest BCUT2D eigenvalue weighted by Crippen LogP contribution is 2.46. The van der Waals surface area contributed by atoms with E-state index in [0.29, 0.717) is 19.8 Å². The molecule has 0 aliphatic carbocycles. The maximum Gasteiger partial charge on any atom is 0.219 e. The molecule has 3 heterocycles. The summed E-state index contributed by atoms with van der Waals surface area (Å²) >= 11 is 9.93. The van der Waals surface area contributed by atoms with Gasteiger partial charge in [0.1, 0.15) is 0 Å². The maximum atomic E-state index is 13.3. The Hall–Kier alpha value is -0.340. The molecule has 1 spiro atoms. The third kappa shape index (κ3) is 3.14. The van der Waals surface area contributed by atoms with E-state index >= 15 is 0 Å². The molecule has 0 N–H and O–H groups in total. The predicted octanol–water partition coefficient (Wildman–Crippen LogP) is 3.83.